The van der Waals surface area contributed by atoms with Gasteiger partial charge < -0.3 is 4.90 Å². The van der Waals surface area contributed by atoms with Crippen LogP contribution in [0.15, 0.2) is 54.7 Å². The second-order valence-electron chi connectivity index (χ2n) is 9.93. The van der Waals surface area contributed by atoms with Gasteiger partial charge >= 0.3 is 0 Å². The van der Waals surface area contributed by atoms with Gasteiger partial charge in [0, 0.05) is 35.3 Å². The number of para-hydroxylation sites is 1. The minimum atomic E-state index is 0.220. The first-order chi connectivity index (χ1) is 15.7. The summed E-state index contributed by atoms with van der Waals surface area (Å²) in [4.78, 5) is 12.5. The van der Waals surface area contributed by atoms with Crippen LogP contribution in [0.5, 0.6) is 0 Å². The summed E-state index contributed by atoms with van der Waals surface area (Å²) in [6.45, 7) is 4.66. The highest BCUT2D eigenvalue weighted by Gasteiger charge is 2.50. The summed E-state index contributed by atoms with van der Waals surface area (Å²) in [5.74, 6) is 2.30. The van der Waals surface area contributed by atoms with E-state index in [4.69, 9.17) is 9.97 Å². The van der Waals surface area contributed by atoms with Gasteiger partial charge in [-0.3, -0.25) is 4.57 Å². The molecule has 1 fully saturated rings. The van der Waals surface area contributed by atoms with Crippen molar-refractivity contribution in [2.45, 2.75) is 63.8 Å². The Labute approximate surface area is 188 Å². The molecule has 1 spiro atoms. The highest BCUT2D eigenvalue weighted by atomic mass is 15.3. The van der Waals surface area contributed by atoms with Gasteiger partial charge in [0.2, 0.25) is 0 Å². The molecule has 1 aliphatic carbocycles. The van der Waals surface area contributed by atoms with Gasteiger partial charge in [-0.2, -0.15) is 0 Å². The Bertz CT molecular complexity index is 1380. The average Bonchev–Trinajstić information content (AvgIpc) is 3.42. The molecule has 4 heterocycles. The second kappa shape index (κ2) is 6.44. The Kier molecular flexibility index (Phi) is 3.71. The average molecular weight is 421 g/mol. The molecule has 2 aromatic heterocycles. The molecule has 4 nitrogen and oxygen atoms in total. The van der Waals surface area contributed by atoms with Gasteiger partial charge in [-0.05, 0) is 62.1 Å². The first-order valence-electron chi connectivity index (χ1n) is 12.0. The van der Waals surface area contributed by atoms with Crippen LogP contribution in [0, 0.1) is 6.92 Å². The maximum Gasteiger partial charge on any atom is 0.137 e. The van der Waals surface area contributed by atoms with E-state index in [9.17, 15) is 0 Å². The maximum atomic E-state index is 5.08. The van der Waals surface area contributed by atoms with Crippen LogP contribution in [-0.4, -0.2) is 20.6 Å². The third kappa shape index (κ3) is 2.27. The molecule has 160 valence electrons. The van der Waals surface area contributed by atoms with Gasteiger partial charge in [0.25, 0.3) is 0 Å². The molecule has 4 heteroatoms. The molecule has 0 saturated heterocycles. The molecular formula is C28H28N4. The molecule has 2 aromatic carbocycles. The third-order valence-corrected chi connectivity index (χ3v) is 8.37. The molecule has 0 radical (unpaired) electrons. The maximum absolute atomic E-state index is 5.08. The predicted octanol–water partition coefficient (Wildman–Crippen LogP) is 6.38. The third-order valence-electron chi connectivity index (χ3n) is 8.37. The Morgan fingerprint density at radius 1 is 0.969 bits per heavy atom. The normalized spacial score (nSPS) is 20.6. The zero-order chi connectivity index (χ0) is 21.4. The van der Waals surface area contributed by atoms with E-state index in [2.05, 4.69) is 71.8 Å². The van der Waals surface area contributed by atoms with E-state index >= 15 is 0 Å². The van der Waals surface area contributed by atoms with E-state index in [1.165, 1.54) is 65.7 Å². The fourth-order valence-electron chi connectivity index (χ4n) is 6.79. The number of rotatable bonds is 1. The number of hydrogen-bond acceptors (Lipinski definition) is 3. The second-order valence-corrected chi connectivity index (χ2v) is 9.93. The lowest BCUT2D eigenvalue weighted by Gasteiger charge is -2.40. The summed E-state index contributed by atoms with van der Waals surface area (Å²) in [5, 5.41) is 0. The quantitative estimate of drug-likeness (QED) is 0.316. The zero-order valence-corrected chi connectivity index (χ0v) is 18.8. The van der Waals surface area contributed by atoms with Crippen LogP contribution in [-0.2, 0) is 11.8 Å². The molecule has 0 N–H and O–H groups in total. The van der Waals surface area contributed by atoms with Gasteiger partial charge in [0.15, 0.2) is 0 Å². The molecule has 2 aliphatic heterocycles. The minimum Gasteiger partial charge on any atom is -0.322 e. The van der Waals surface area contributed by atoms with Gasteiger partial charge in [-0.15, -0.1) is 0 Å². The monoisotopic (exact) mass is 420 g/mol. The Hall–Kier alpha value is -3.14. The minimum absolute atomic E-state index is 0.220. The van der Waals surface area contributed by atoms with Crippen LogP contribution in [0.3, 0.4) is 0 Å². The van der Waals surface area contributed by atoms with Crippen molar-refractivity contribution in [2.24, 2.45) is 0 Å². The van der Waals surface area contributed by atoms with E-state index in [-0.39, 0.29) is 5.41 Å². The standard InChI is InChI=1S/C28H28N4/c1-18-15-25-22(30-26-16-20-9-4-5-11-23(20)32(25)26)17-24(18)31-19(2)28(12-6-3-7-13-28)21-10-8-14-29-27(21)31/h4-5,8-11,14-15,17,19H,3,6-7,12-13,16H2,1-2H3. The molecule has 32 heavy (non-hydrogen) atoms. The predicted molar refractivity (Wildman–Crippen MR) is 129 cm³/mol. The summed E-state index contributed by atoms with van der Waals surface area (Å²) < 4.78 is 2.35. The SMILES string of the molecule is Cc1cc2c(cc1N1c3ncccc3C3(CCCCC3)C1C)nc1n2-c2ccccc2C1. The summed E-state index contributed by atoms with van der Waals surface area (Å²) >= 11 is 0. The number of pyridine rings is 1. The van der Waals surface area contributed by atoms with Crippen molar-refractivity contribution in [3.8, 4) is 5.69 Å². The largest absolute Gasteiger partial charge is 0.322 e. The molecule has 0 amide bonds. The number of nitrogens with zero attached hydrogens (tertiary/aromatic N) is 4. The molecule has 1 unspecified atom stereocenters. The fourth-order valence-corrected chi connectivity index (χ4v) is 6.79. The number of anilines is 2. The first kappa shape index (κ1) is 18.4. The first-order valence-corrected chi connectivity index (χ1v) is 12.0. The van der Waals surface area contributed by atoms with Gasteiger partial charge in [0.05, 0.1) is 16.7 Å². The molecular weight excluding hydrogens is 392 g/mol. The van der Waals surface area contributed by atoms with E-state index in [0.29, 0.717) is 6.04 Å². The summed E-state index contributed by atoms with van der Waals surface area (Å²) in [6.07, 6.45) is 9.38. The van der Waals surface area contributed by atoms with Crippen LogP contribution in [0.1, 0.15) is 61.5 Å². The summed E-state index contributed by atoms with van der Waals surface area (Å²) in [6, 6.07) is 18.2. The van der Waals surface area contributed by atoms with Gasteiger partial charge in [0.1, 0.15) is 11.6 Å². The number of benzene rings is 2. The number of imidazole rings is 1. The lowest BCUT2D eigenvalue weighted by Crippen LogP contribution is -2.42. The van der Waals surface area contributed by atoms with Crippen LogP contribution in [0.25, 0.3) is 16.7 Å². The lowest BCUT2D eigenvalue weighted by molar-refractivity contribution is 0.268. The fraction of sp³-hybridized carbons (Fsp3) is 0.357. The highest BCUT2D eigenvalue weighted by molar-refractivity contribution is 5.87. The van der Waals surface area contributed by atoms with Crippen molar-refractivity contribution in [1.29, 1.82) is 0 Å². The van der Waals surface area contributed by atoms with Crippen molar-refractivity contribution >= 4 is 22.5 Å². The van der Waals surface area contributed by atoms with Crippen LogP contribution in [0.4, 0.5) is 11.5 Å². The van der Waals surface area contributed by atoms with E-state index in [1.807, 2.05) is 6.20 Å². The topological polar surface area (TPSA) is 34.0 Å². The van der Waals surface area contributed by atoms with E-state index in [0.717, 1.165) is 23.6 Å². The smallest absolute Gasteiger partial charge is 0.137 e. The van der Waals surface area contributed by atoms with Crippen LogP contribution >= 0.6 is 0 Å². The van der Waals surface area contributed by atoms with E-state index < -0.39 is 0 Å². The molecule has 1 saturated carbocycles. The van der Waals surface area contributed by atoms with Gasteiger partial charge in [-0.25, -0.2) is 9.97 Å². The number of aryl methyl sites for hydroxylation is 1. The van der Waals surface area contributed by atoms with Crippen molar-refractivity contribution in [1.82, 2.24) is 14.5 Å². The van der Waals surface area contributed by atoms with Crippen molar-refractivity contribution < 1.29 is 0 Å². The molecule has 7 rings (SSSR count). The molecule has 1 atom stereocenters. The number of hydrogen-bond donors (Lipinski definition) is 0. The van der Waals surface area contributed by atoms with E-state index in [1.54, 1.807) is 0 Å². The van der Waals surface area contributed by atoms with Crippen molar-refractivity contribution in [3.05, 3.63) is 77.2 Å². The van der Waals surface area contributed by atoms with Crippen LogP contribution in [0.2, 0.25) is 0 Å². The summed E-state index contributed by atoms with van der Waals surface area (Å²) in [5.41, 5.74) is 9.17. The lowest BCUT2D eigenvalue weighted by atomic mass is 9.67. The molecule has 0 bridgehead atoms. The highest BCUT2D eigenvalue weighted by Crippen LogP contribution is 2.55. The molecule has 4 aromatic rings. The Morgan fingerprint density at radius 2 is 1.81 bits per heavy atom. The van der Waals surface area contributed by atoms with Crippen molar-refractivity contribution in [3.63, 3.8) is 0 Å². The van der Waals surface area contributed by atoms with Crippen molar-refractivity contribution in [2.75, 3.05) is 4.90 Å². The van der Waals surface area contributed by atoms with Gasteiger partial charge in [-0.1, -0.05) is 43.5 Å². The number of fused-ring (bicyclic) bond motifs is 7. The molecule has 3 aliphatic rings. The summed E-state index contributed by atoms with van der Waals surface area (Å²) in [7, 11) is 0. The number of aromatic nitrogens is 3. The zero-order valence-electron chi connectivity index (χ0n) is 18.8. The van der Waals surface area contributed by atoms with Crippen LogP contribution < -0.4 is 4.90 Å². The Balaban J connectivity index is 1.41. The Morgan fingerprint density at radius 3 is 2.69 bits per heavy atom.